The van der Waals surface area contributed by atoms with Gasteiger partial charge in [-0.2, -0.15) is 0 Å². The van der Waals surface area contributed by atoms with Gasteiger partial charge in [0.1, 0.15) is 0 Å². The van der Waals surface area contributed by atoms with Crippen molar-refractivity contribution in [2.24, 2.45) is 0 Å². The van der Waals surface area contributed by atoms with Gasteiger partial charge in [-0.3, -0.25) is 0 Å². The molecular weight excluding hydrogens is 132 g/mol. The fourth-order valence-electron chi connectivity index (χ4n) is 0.0417. The van der Waals surface area contributed by atoms with Crippen molar-refractivity contribution in [1.29, 1.82) is 0 Å². The number of hydrogen-bond donors (Lipinski definition) is 0. The van der Waals surface area contributed by atoms with E-state index in [1.165, 1.54) is 0 Å². The average molecular weight is 132 g/mol. The van der Waals surface area contributed by atoms with Gasteiger partial charge in [0.15, 0.2) is 0 Å². The van der Waals surface area contributed by atoms with Gasteiger partial charge in [-0.1, -0.05) is 0 Å². The van der Waals surface area contributed by atoms with Crippen LogP contribution in [0.2, 0.25) is 0 Å². The molecule has 0 aliphatic carbocycles. The summed E-state index contributed by atoms with van der Waals surface area (Å²) >= 11 is 8.61. The molecule has 0 aromatic heterocycles. The third kappa shape index (κ3) is 4.39. The first-order valence-electron chi connectivity index (χ1n) is 1.07. The van der Waals surface area contributed by atoms with Gasteiger partial charge >= 0.3 is 50.8 Å². The molecule has 3 heteroatoms. The zero-order chi connectivity index (χ0) is 4.83. The molecule has 0 aromatic rings. The third-order valence-electron chi connectivity index (χ3n) is 0.144. The summed E-state index contributed by atoms with van der Waals surface area (Å²) in [5, 5.41) is 4.67. The van der Waals surface area contributed by atoms with E-state index < -0.39 is 0 Å². The Morgan fingerprint density at radius 3 is 2.50 bits per heavy atom. The minimum absolute atomic E-state index is 1.02. The van der Waals surface area contributed by atoms with Crippen LogP contribution in [0.15, 0.2) is 0 Å². The van der Waals surface area contributed by atoms with Crippen LogP contribution in [-0.4, -0.2) is 0 Å². The van der Waals surface area contributed by atoms with Crippen molar-refractivity contribution < 1.29 is 0 Å². The van der Waals surface area contributed by atoms with E-state index in [1.807, 2.05) is 0 Å². The number of rotatable bonds is 0. The van der Waals surface area contributed by atoms with Crippen LogP contribution in [-0.2, 0) is 12.0 Å². The van der Waals surface area contributed by atoms with Crippen molar-refractivity contribution in [2.75, 3.05) is 0 Å². The van der Waals surface area contributed by atoms with E-state index in [9.17, 15) is 0 Å². The Hall–Kier alpha value is 0.390. The quantitative estimate of drug-likeness (QED) is 0.272. The molecule has 0 saturated heterocycles. The third-order valence-corrected chi connectivity index (χ3v) is 0.681. The maximum absolute atomic E-state index is 4.37. The van der Waals surface area contributed by atoms with Gasteiger partial charge in [-0.05, 0) is 0 Å². The molecule has 0 unspecified atom stereocenters. The first-order chi connectivity index (χ1) is 2.91. The average Bonchev–Trinajstić information content (AvgIpc) is 1.61. The monoisotopic (exact) mass is 132 g/mol. The van der Waals surface area contributed by atoms with Crippen LogP contribution in [0.4, 0.5) is 0 Å². The second-order valence-corrected chi connectivity index (χ2v) is 1.49. The Labute approximate surface area is 51.1 Å². The van der Waals surface area contributed by atoms with Gasteiger partial charge in [0, 0.05) is 0 Å². The summed E-state index contributed by atoms with van der Waals surface area (Å²) in [5.74, 6) is 2.37. The first-order valence-corrected chi connectivity index (χ1v) is 3.22. The Morgan fingerprint density at radius 2 is 2.33 bits per heavy atom. The van der Waals surface area contributed by atoms with Gasteiger partial charge in [-0.25, -0.2) is 0 Å². The van der Waals surface area contributed by atoms with Crippen LogP contribution < -0.4 is 0 Å². The summed E-state index contributed by atoms with van der Waals surface area (Å²) in [4.78, 5) is 0. The van der Waals surface area contributed by atoms with Gasteiger partial charge < -0.3 is 0 Å². The number of hydrogen-bond acceptors (Lipinski definition) is 1. The van der Waals surface area contributed by atoms with Crippen molar-refractivity contribution in [3.8, 4) is 16.4 Å². The molecule has 0 rings (SSSR count). The Bertz CT molecular complexity index is 110. The Kier molecular flexibility index (Phi) is 5.74. The van der Waals surface area contributed by atoms with Crippen LogP contribution in [0.1, 0.15) is 0 Å². The van der Waals surface area contributed by atoms with Crippen molar-refractivity contribution >= 4 is 34.5 Å². The normalized spacial score (nSPS) is 4.67. The Balaban J connectivity index is 3.22. The van der Waals surface area contributed by atoms with Gasteiger partial charge in [0.2, 0.25) is 0 Å². The summed E-state index contributed by atoms with van der Waals surface area (Å²) in [6.45, 7) is 0. The molecule has 0 spiro atoms. The van der Waals surface area contributed by atoms with Crippen LogP contribution in [0.5, 0.6) is 0 Å². The van der Waals surface area contributed by atoms with Crippen molar-refractivity contribution in [1.82, 2.24) is 0 Å². The fraction of sp³-hybridized carbons (Fsp3) is 0. The van der Waals surface area contributed by atoms with E-state index >= 15 is 0 Å². The van der Waals surface area contributed by atoms with E-state index in [0.29, 0.717) is 0 Å². The molecule has 29 valence electrons. The van der Waals surface area contributed by atoms with Gasteiger partial charge in [0.05, 0.1) is 0 Å². The molecule has 0 fully saturated rings. The molecule has 0 atom stereocenters. The van der Waals surface area contributed by atoms with Crippen molar-refractivity contribution in [2.45, 2.75) is 0 Å². The van der Waals surface area contributed by atoms with E-state index in [0.717, 1.165) is 10.8 Å². The van der Waals surface area contributed by atoms with Crippen LogP contribution in [0.25, 0.3) is 0 Å². The second kappa shape index (κ2) is 5.39. The van der Waals surface area contributed by atoms with Crippen LogP contribution in [0, 0.1) is 16.4 Å². The topological polar surface area (TPSA) is 0 Å². The zero-order valence-corrected chi connectivity index (χ0v) is 5.17. The molecule has 0 N–H and O–H groups in total. The van der Waals surface area contributed by atoms with Crippen molar-refractivity contribution in [3.63, 3.8) is 0 Å². The molecule has 0 aliphatic heterocycles. The molecule has 0 aromatic carbocycles. The molecule has 6 heavy (non-hydrogen) atoms. The van der Waals surface area contributed by atoms with Crippen LogP contribution in [0.3, 0.4) is 0 Å². The van der Waals surface area contributed by atoms with E-state index in [-0.39, 0.29) is 0 Å². The van der Waals surface area contributed by atoms with E-state index in [1.54, 1.807) is 0 Å². The Morgan fingerprint density at radius 1 is 1.67 bits per heavy atom. The summed E-state index contributed by atoms with van der Waals surface area (Å²) < 4.78 is 0. The summed E-state index contributed by atoms with van der Waals surface area (Å²) in [5.41, 5.74) is 0. The standard InChI is InChI=1S/C3S3/c4-2-1-3-6-5/q+1. The van der Waals surface area contributed by atoms with E-state index in [4.69, 9.17) is 0 Å². The van der Waals surface area contributed by atoms with E-state index in [2.05, 4.69) is 40.1 Å². The molecule has 0 saturated carbocycles. The molecular formula is C3S3+. The SMILES string of the molecule is [S]SC#CC#[S+]. The summed E-state index contributed by atoms with van der Waals surface area (Å²) in [6.07, 6.45) is 0. The first kappa shape index (κ1) is 6.39. The van der Waals surface area contributed by atoms with Crippen molar-refractivity contribution in [3.05, 3.63) is 0 Å². The second-order valence-electron chi connectivity index (χ2n) is 0.412. The molecule has 0 amide bonds. The predicted octanol–water partition coefficient (Wildman–Crippen LogP) is 1.30. The van der Waals surface area contributed by atoms with Gasteiger partial charge in [0.25, 0.3) is 0 Å². The predicted molar refractivity (Wildman–Crippen MR) is 34.2 cm³/mol. The van der Waals surface area contributed by atoms with Crippen LogP contribution >= 0.6 is 22.5 Å². The molecule has 0 nitrogen and oxygen atoms in total. The summed E-state index contributed by atoms with van der Waals surface area (Å²) in [6, 6.07) is 0. The molecule has 0 aliphatic rings. The zero-order valence-electron chi connectivity index (χ0n) is 2.72. The molecule has 0 heterocycles. The minimum atomic E-state index is 1.02. The molecule has 0 bridgehead atoms. The fourth-order valence-corrected chi connectivity index (χ4v) is 0.375. The molecule has 1 radical (unpaired) electrons. The maximum atomic E-state index is 4.37. The summed E-state index contributed by atoms with van der Waals surface area (Å²) in [7, 11) is 1.02. The van der Waals surface area contributed by atoms with Gasteiger partial charge in [-0.15, -0.1) is 0 Å².